The molecule has 1 aliphatic carbocycles. The van der Waals surface area contributed by atoms with Gasteiger partial charge in [0.25, 0.3) is 0 Å². The molecule has 1 amide bonds. The fourth-order valence-corrected chi connectivity index (χ4v) is 2.01. The van der Waals surface area contributed by atoms with Gasteiger partial charge in [-0.25, -0.2) is 0 Å². The Balaban J connectivity index is 2.19. The van der Waals surface area contributed by atoms with E-state index in [-0.39, 0.29) is 11.8 Å². The van der Waals surface area contributed by atoms with E-state index in [1.807, 2.05) is 12.2 Å². The maximum absolute atomic E-state index is 11.7. The molecule has 86 valence electrons. The monoisotopic (exact) mass is 210 g/mol. The van der Waals surface area contributed by atoms with Crippen LogP contribution in [0, 0.1) is 11.8 Å². The van der Waals surface area contributed by atoms with Crippen LogP contribution in [0.4, 0.5) is 0 Å². The number of nitrogens with two attached hydrogens (primary N) is 1. The van der Waals surface area contributed by atoms with Crippen LogP contribution in [-0.4, -0.2) is 19.0 Å². The van der Waals surface area contributed by atoms with Gasteiger partial charge >= 0.3 is 0 Å². The zero-order valence-electron chi connectivity index (χ0n) is 9.54. The molecule has 1 fully saturated rings. The summed E-state index contributed by atoms with van der Waals surface area (Å²) in [6, 6.07) is 0. The molecule has 0 aromatic heterocycles. The van der Waals surface area contributed by atoms with Gasteiger partial charge in [0.05, 0.1) is 0 Å². The molecule has 0 saturated heterocycles. The van der Waals surface area contributed by atoms with Gasteiger partial charge < -0.3 is 11.1 Å². The van der Waals surface area contributed by atoms with Crippen LogP contribution < -0.4 is 11.1 Å². The second-order valence-electron chi connectivity index (χ2n) is 4.41. The lowest BCUT2D eigenvalue weighted by molar-refractivity contribution is -0.125. The number of carbonyl (C=O) groups excluding carboxylic acids is 1. The second kappa shape index (κ2) is 6.62. The third kappa shape index (κ3) is 4.47. The minimum Gasteiger partial charge on any atom is -0.352 e. The van der Waals surface area contributed by atoms with Crippen molar-refractivity contribution >= 4 is 5.91 Å². The van der Waals surface area contributed by atoms with E-state index in [4.69, 9.17) is 5.73 Å². The largest absolute Gasteiger partial charge is 0.352 e. The van der Waals surface area contributed by atoms with Crippen LogP contribution in [0.5, 0.6) is 0 Å². The molecule has 0 atom stereocenters. The lowest BCUT2D eigenvalue weighted by atomic mass is 9.82. The molecule has 1 aliphatic rings. The summed E-state index contributed by atoms with van der Waals surface area (Å²) in [6.07, 6.45) is 8.25. The number of nitrogens with one attached hydrogen (secondary N) is 1. The van der Waals surface area contributed by atoms with E-state index in [2.05, 4.69) is 12.2 Å². The van der Waals surface area contributed by atoms with Crippen molar-refractivity contribution in [1.82, 2.24) is 5.32 Å². The highest BCUT2D eigenvalue weighted by Crippen LogP contribution is 2.28. The number of hydrogen-bond donors (Lipinski definition) is 2. The third-order valence-electron chi connectivity index (χ3n) is 3.08. The SMILES string of the molecule is CC1CCC(C(=O)NC/C=C/CN)CC1. The molecule has 0 bridgehead atoms. The molecule has 0 spiro atoms. The zero-order valence-corrected chi connectivity index (χ0v) is 9.54. The second-order valence-corrected chi connectivity index (χ2v) is 4.41. The quantitative estimate of drug-likeness (QED) is 0.690. The lowest BCUT2D eigenvalue weighted by Crippen LogP contribution is -2.33. The average Bonchev–Trinajstić information content (AvgIpc) is 2.25. The maximum Gasteiger partial charge on any atom is 0.223 e. The summed E-state index contributed by atoms with van der Waals surface area (Å²) in [5.74, 6) is 1.25. The molecule has 0 unspecified atom stereocenters. The molecule has 0 aliphatic heterocycles. The van der Waals surface area contributed by atoms with Crippen LogP contribution in [0.2, 0.25) is 0 Å². The van der Waals surface area contributed by atoms with E-state index in [0.717, 1.165) is 18.8 Å². The number of rotatable bonds is 4. The Kier molecular flexibility index (Phi) is 5.40. The van der Waals surface area contributed by atoms with E-state index in [1.165, 1.54) is 12.8 Å². The van der Waals surface area contributed by atoms with Crippen LogP contribution >= 0.6 is 0 Å². The van der Waals surface area contributed by atoms with Crippen molar-refractivity contribution in [2.24, 2.45) is 17.6 Å². The molecule has 0 aromatic carbocycles. The highest BCUT2D eigenvalue weighted by molar-refractivity contribution is 5.78. The van der Waals surface area contributed by atoms with Gasteiger partial charge in [0, 0.05) is 19.0 Å². The van der Waals surface area contributed by atoms with Crippen molar-refractivity contribution in [3.8, 4) is 0 Å². The fourth-order valence-electron chi connectivity index (χ4n) is 2.01. The van der Waals surface area contributed by atoms with Crippen LogP contribution in [0.15, 0.2) is 12.2 Å². The normalized spacial score (nSPS) is 26.8. The molecular weight excluding hydrogens is 188 g/mol. The van der Waals surface area contributed by atoms with Crippen LogP contribution in [-0.2, 0) is 4.79 Å². The van der Waals surface area contributed by atoms with E-state index in [9.17, 15) is 4.79 Å². The Bertz CT molecular complexity index is 218. The Hall–Kier alpha value is -0.830. The first-order chi connectivity index (χ1) is 7.24. The molecule has 1 saturated carbocycles. The molecule has 0 heterocycles. The summed E-state index contributed by atoms with van der Waals surface area (Å²) in [5, 5.41) is 2.92. The topological polar surface area (TPSA) is 55.1 Å². The van der Waals surface area contributed by atoms with Crippen molar-refractivity contribution < 1.29 is 4.79 Å². The summed E-state index contributed by atoms with van der Waals surface area (Å²) < 4.78 is 0. The minimum atomic E-state index is 0.212. The molecular formula is C12H22N2O. The highest BCUT2D eigenvalue weighted by atomic mass is 16.1. The van der Waals surface area contributed by atoms with Gasteiger partial charge in [0.1, 0.15) is 0 Å². The van der Waals surface area contributed by atoms with Gasteiger partial charge in [0.15, 0.2) is 0 Å². The van der Waals surface area contributed by atoms with Crippen molar-refractivity contribution in [2.75, 3.05) is 13.1 Å². The fraction of sp³-hybridized carbons (Fsp3) is 0.750. The van der Waals surface area contributed by atoms with Crippen molar-refractivity contribution in [1.29, 1.82) is 0 Å². The summed E-state index contributed by atoms with van der Waals surface area (Å²) in [4.78, 5) is 11.7. The predicted molar refractivity (Wildman–Crippen MR) is 62.3 cm³/mol. The van der Waals surface area contributed by atoms with E-state index in [1.54, 1.807) is 0 Å². The Morgan fingerprint density at radius 1 is 1.33 bits per heavy atom. The highest BCUT2D eigenvalue weighted by Gasteiger charge is 2.23. The minimum absolute atomic E-state index is 0.212. The summed E-state index contributed by atoms with van der Waals surface area (Å²) in [7, 11) is 0. The molecule has 0 radical (unpaired) electrons. The lowest BCUT2D eigenvalue weighted by Gasteiger charge is -2.24. The van der Waals surface area contributed by atoms with E-state index < -0.39 is 0 Å². The average molecular weight is 210 g/mol. The Morgan fingerprint density at radius 3 is 2.60 bits per heavy atom. The van der Waals surface area contributed by atoms with Crippen molar-refractivity contribution in [3.05, 3.63) is 12.2 Å². The van der Waals surface area contributed by atoms with Crippen molar-refractivity contribution in [2.45, 2.75) is 32.6 Å². The van der Waals surface area contributed by atoms with Crippen LogP contribution in [0.3, 0.4) is 0 Å². The molecule has 15 heavy (non-hydrogen) atoms. The summed E-state index contributed by atoms with van der Waals surface area (Å²) in [5.41, 5.74) is 5.30. The van der Waals surface area contributed by atoms with Crippen molar-refractivity contribution in [3.63, 3.8) is 0 Å². The Labute approximate surface area is 92.1 Å². The molecule has 3 N–H and O–H groups in total. The molecule has 3 heteroatoms. The first kappa shape index (κ1) is 12.2. The smallest absolute Gasteiger partial charge is 0.223 e. The van der Waals surface area contributed by atoms with E-state index in [0.29, 0.717) is 13.1 Å². The standard InChI is InChI=1S/C12H22N2O/c1-10-4-6-11(7-5-10)12(15)14-9-3-2-8-13/h2-3,10-11H,4-9,13H2,1H3,(H,14,15)/b3-2+. The Morgan fingerprint density at radius 2 is 2.00 bits per heavy atom. The number of carbonyl (C=O) groups is 1. The van der Waals surface area contributed by atoms with Gasteiger partial charge in [-0.1, -0.05) is 19.1 Å². The third-order valence-corrected chi connectivity index (χ3v) is 3.08. The number of hydrogen-bond acceptors (Lipinski definition) is 2. The van der Waals surface area contributed by atoms with Gasteiger partial charge in [-0.2, -0.15) is 0 Å². The maximum atomic E-state index is 11.7. The molecule has 3 nitrogen and oxygen atoms in total. The van der Waals surface area contributed by atoms with Crippen LogP contribution in [0.25, 0.3) is 0 Å². The first-order valence-electron chi connectivity index (χ1n) is 5.86. The van der Waals surface area contributed by atoms with Gasteiger partial charge in [-0.3, -0.25) is 4.79 Å². The molecule has 1 rings (SSSR count). The zero-order chi connectivity index (χ0) is 11.1. The summed E-state index contributed by atoms with van der Waals surface area (Å²) in [6.45, 7) is 3.41. The number of amides is 1. The van der Waals surface area contributed by atoms with E-state index >= 15 is 0 Å². The predicted octanol–water partition coefficient (Wildman–Crippen LogP) is 1.44. The summed E-state index contributed by atoms with van der Waals surface area (Å²) >= 11 is 0. The van der Waals surface area contributed by atoms with Gasteiger partial charge in [-0.05, 0) is 31.6 Å². The molecule has 0 aromatic rings. The van der Waals surface area contributed by atoms with Gasteiger partial charge in [0.2, 0.25) is 5.91 Å². The van der Waals surface area contributed by atoms with Gasteiger partial charge in [-0.15, -0.1) is 0 Å². The first-order valence-corrected chi connectivity index (χ1v) is 5.86. The van der Waals surface area contributed by atoms with Crippen LogP contribution in [0.1, 0.15) is 32.6 Å².